The number of aromatic nitrogens is 2. The first-order chi connectivity index (χ1) is 10.5. The van der Waals surface area contributed by atoms with Crippen molar-refractivity contribution in [1.82, 2.24) is 9.78 Å². The monoisotopic (exact) mass is 302 g/mol. The van der Waals surface area contributed by atoms with Crippen LogP contribution >= 0.6 is 0 Å². The Morgan fingerprint density at radius 3 is 2.73 bits per heavy atom. The van der Waals surface area contributed by atoms with Crippen LogP contribution in [0.1, 0.15) is 23.7 Å². The summed E-state index contributed by atoms with van der Waals surface area (Å²) in [6.45, 7) is 1.62. The molecule has 0 aliphatic carbocycles. The van der Waals surface area contributed by atoms with Crippen LogP contribution in [0.25, 0.3) is 5.69 Å². The number of Topliss-reactive ketones (excluding diaryl/α,β-unsaturated/α-hetero) is 2. The fourth-order valence-corrected chi connectivity index (χ4v) is 1.84. The van der Waals surface area contributed by atoms with Gasteiger partial charge in [0.25, 0.3) is 0 Å². The largest absolute Gasteiger partial charge is 0.507 e. The maximum Gasteiger partial charge on any atom is 0.375 e. The summed E-state index contributed by atoms with van der Waals surface area (Å²) in [6.07, 6.45) is 2.58. The number of hydrogen-bond donors (Lipinski definition) is 1. The summed E-state index contributed by atoms with van der Waals surface area (Å²) in [4.78, 5) is 34.9. The molecule has 2 rings (SSSR count). The van der Waals surface area contributed by atoms with E-state index in [1.807, 2.05) is 0 Å². The highest BCUT2D eigenvalue weighted by atomic mass is 16.5. The predicted molar refractivity (Wildman–Crippen MR) is 75.8 cm³/mol. The third-order valence-corrected chi connectivity index (χ3v) is 2.87. The Morgan fingerprint density at radius 2 is 2.09 bits per heavy atom. The van der Waals surface area contributed by atoms with Crippen molar-refractivity contribution in [1.29, 1.82) is 0 Å². The molecule has 7 heteroatoms. The molecule has 1 aromatic carbocycles. The molecule has 22 heavy (non-hydrogen) atoms. The smallest absolute Gasteiger partial charge is 0.375 e. The van der Waals surface area contributed by atoms with Gasteiger partial charge in [-0.3, -0.25) is 9.59 Å². The second-order valence-corrected chi connectivity index (χ2v) is 4.40. The Kier molecular flexibility index (Phi) is 4.67. The predicted octanol–water partition coefficient (Wildman–Crippen LogP) is 1.28. The van der Waals surface area contributed by atoms with Crippen LogP contribution in [-0.2, 0) is 14.3 Å². The van der Waals surface area contributed by atoms with E-state index in [9.17, 15) is 19.5 Å². The topological polar surface area (TPSA) is 98.5 Å². The number of aromatic hydroxyl groups is 1. The summed E-state index contributed by atoms with van der Waals surface area (Å²) < 4.78 is 6.04. The zero-order chi connectivity index (χ0) is 16.1. The normalized spacial score (nSPS) is 10.2. The third-order valence-electron chi connectivity index (χ3n) is 2.87. The molecule has 7 nitrogen and oxygen atoms in total. The molecule has 0 amide bonds. The van der Waals surface area contributed by atoms with E-state index in [1.54, 1.807) is 31.5 Å². The number of ether oxygens (including phenoxy) is 1. The molecular weight excluding hydrogens is 288 g/mol. The van der Waals surface area contributed by atoms with Gasteiger partial charge in [0.05, 0.1) is 24.3 Å². The SMILES string of the molecule is CCOC(=O)C(=O)CC(=O)c1cc(-n2cccn2)ccc1O. The molecule has 0 bridgehead atoms. The van der Waals surface area contributed by atoms with Gasteiger partial charge < -0.3 is 9.84 Å². The number of nitrogens with zero attached hydrogens (tertiary/aromatic N) is 2. The van der Waals surface area contributed by atoms with Crippen molar-refractivity contribution in [3.63, 3.8) is 0 Å². The lowest BCUT2D eigenvalue weighted by Gasteiger charge is -2.07. The maximum atomic E-state index is 12.1. The van der Waals surface area contributed by atoms with Gasteiger partial charge >= 0.3 is 5.97 Å². The van der Waals surface area contributed by atoms with Crippen molar-refractivity contribution in [3.05, 3.63) is 42.2 Å². The van der Waals surface area contributed by atoms with Gasteiger partial charge in [-0.25, -0.2) is 9.48 Å². The number of carbonyl (C=O) groups is 3. The molecule has 0 aliphatic rings. The number of esters is 1. The summed E-state index contributed by atoms with van der Waals surface area (Å²) in [5.41, 5.74) is 0.500. The van der Waals surface area contributed by atoms with E-state index >= 15 is 0 Å². The van der Waals surface area contributed by atoms with Crippen LogP contribution in [0.2, 0.25) is 0 Å². The molecule has 0 fully saturated rings. The Bertz CT molecular complexity index is 707. The Hall–Kier alpha value is -2.96. The molecule has 0 saturated heterocycles. The average Bonchev–Trinajstić information content (AvgIpc) is 3.02. The summed E-state index contributed by atoms with van der Waals surface area (Å²) in [5.74, 6) is -2.93. The van der Waals surface area contributed by atoms with Crippen LogP contribution in [0.15, 0.2) is 36.7 Å². The van der Waals surface area contributed by atoms with E-state index in [-0.39, 0.29) is 17.9 Å². The average molecular weight is 302 g/mol. The van der Waals surface area contributed by atoms with Gasteiger partial charge in [-0.15, -0.1) is 0 Å². The number of benzene rings is 1. The highest BCUT2D eigenvalue weighted by Gasteiger charge is 2.22. The third kappa shape index (κ3) is 3.38. The van der Waals surface area contributed by atoms with Gasteiger partial charge in [0.2, 0.25) is 5.78 Å². The first kappa shape index (κ1) is 15.4. The lowest BCUT2D eigenvalue weighted by atomic mass is 10.0. The van der Waals surface area contributed by atoms with E-state index in [1.165, 1.54) is 16.8 Å². The highest BCUT2D eigenvalue weighted by molar-refractivity contribution is 6.38. The molecule has 0 unspecified atom stereocenters. The minimum Gasteiger partial charge on any atom is -0.507 e. The molecule has 0 spiro atoms. The second-order valence-electron chi connectivity index (χ2n) is 4.40. The van der Waals surface area contributed by atoms with E-state index in [4.69, 9.17) is 0 Å². The number of carbonyl (C=O) groups excluding carboxylic acids is 3. The fourth-order valence-electron chi connectivity index (χ4n) is 1.84. The van der Waals surface area contributed by atoms with Crippen molar-refractivity contribution in [2.75, 3.05) is 6.61 Å². The molecular formula is C15H14N2O5. The van der Waals surface area contributed by atoms with Crippen LogP contribution in [0.4, 0.5) is 0 Å². The van der Waals surface area contributed by atoms with E-state index in [2.05, 4.69) is 9.84 Å². The van der Waals surface area contributed by atoms with Gasteiger partial charge in [0.15, 0.2) is 5.78 Å². The Balaban J connectivity index is 2.21. The number of hydrogen-bond acceptors (Lipinski definition) is 6. The molecule has 0 saturated carbocycles. The van der Waals surface area contributed by atoms with Crippen molar-refractivity contribution >= 4 is 17.5 Å². The minimum atomic E-state index is -1.06. The minimum absolute atomic E-state index is 0.0503. The second kappa shape index (κ2) is 6.66. The molecule has 114 valence electrons. The molecule has 0 aliphatic heterocycles. The summed E-state index contributed by atoms with van der Waals surface area (Å²) in [5, 5.41) is 13.8. The highest BCUT2D eigenvalue weighted by Crippen LogP contribution is 2.22. The van der Waals surface area contributed by atoms with Gasteiger partial charge in [0.1, 0.15) is 5.75 Å². The molecule has 0 atom stereocenters. The number of ketones is 2. The lowest BCUT2D eigenvalue weighted by molar-refractivity contribution is -0.153. The number of rotatable bonds is 6. The van der Waals surface area contributed by atoms with Crippen LogP contribution in [0, 0.1) is 0 Å². The van der Waals surface area contributed by atoms with Crippen molar-refractivity contribution in [2.45, 2.75) is 13.3 Å². The van der Waals surface area contributed by atoms with Crippen LogP contribution in [0.3, 0.4) is 0 Å². The van der Waals surface area contributed by atoms with Gasteiger partial charge in [-0.05, 0) is 31.2 Å². The molecule has 0 radical (unpaired) electrons. The van der Waals surface area contributed by atoms with Crippen molar-refractivity contribution < 1.29 is 24.2 Å². The lowest BCUT2D eigenvalue weighted by Crippen LogP contribution is -2.20. The van der Waals surface area contributed by atoms with E-state index in [0.717, 1.165) is 0 Å². The van der Waals surface area contributed by atoms with Gasteiger partial charge in [0, 0.05) is 12.4 Å². The molecule has 2 aromatic rings. The summed E-state index contributed by atoms with van der Waals surface area (Å²) in [7, 11) is 0. The summed E-state index contributed by atoms with van der Waals surface area (Å²) in [6, 6.07) is 6.02. The van der Waals surface area contributed by atoms with Gasteiger partial charge in [-0.2, -0.15) is 5.10 Å². The zero-order valence-electron chi connectivity index (χ0n) is 11.9. The quantitative estimate of drug-likeness (QED) is 0.373. The molecule has 1 N–H and O–H groups in total. The fraction of sp³-hybridized carbons (Fsp3) is 0.200. The Labute approximate surface area is 126 Å². The van der Waals surface area contributed by atoms with Crippen LogP contribution < -0.4 is 0 Å². The standard InChI is InChI=1S/C15H14N2O5/c1-2-22-15(21)14(20)9-13(19)11-8-10(4-5-12(11)18)17-7-3-6-16-17/h3-8,18H,2,9H2,1H3. The maximum absolute atomic E-state index is 12.1. The number of phenolic OH excluding ortho intramolecular Hbond substituents is 1. The molecule has 1 aromatic heterocycles. The number of phenols is 1. The van der Waals surface area contributed by atoms with Crippen LogP contribution in [-0.4, -0.2) is 39.0 Å². The summed E-state index contributed by atoms with van der Waals surface area (Å²) >= 11 is 0. The van der Waals surface area contributed by atoms with Crippen molar-refractivity contribution in [3.8, 4) is 11.4 Å². The zero-order valence-corrected chi connectivity index (χ0v) is 11.9. The Morgan fingerprint density at radius 1 is 1.32 bits per heavy atom. The first-order valence-corrected chi connectivity index (χ1v) is 6.59. The van der Waals surface area contributed by atoms with E-state index in [0.29, 0.717) is 5.69 Å². The molecule has 1 heterocycles. The van der Waals surface area contributed by atoms with Gasteiger partial charge in [-0.1, -0.05) is 0 Å². The first-order valence-electron chi connectivity index (χ1n) is 6.59. The van der Waals surface area contributed by atoms with Crippen molar-refractivity contribution in [2.24, 2.45) is 0 Å². The van der Waals surface area contributed by atoms with Crippen LogP contribution in [0.5, 0.6) is 5.75 Å². The van der Waals surface area contributed by atoms with E-state index < -0.39 is 24.0 Å².